The smallest absolute Gasteiger partial charge is 0.365 e. The van der Waals surface area contributed by atoms with Crippen LogP contribution in [0.2, 0.25) is 0 Å². The van der Waals surface area contributed by atoms with Crippen LogP contribution < -0.4 is 5.32 Å². The van der Waals surface area contributed by atoms with Crippen LogP contribution in [0.15, 0.2) is 47.8 Å². The minimum atomic E-state index is -0.972. The number of carboxylic acid groups (broad SMARTS) is 1. The molecular formula is C16H14N2O2S. The number of rotatable bonds is 5. The third kappa shape index (κ3) is 3.09. The van der Waals surface area contributed by atoms with Crippen molar-refractivity contribution in [1.29, 1.82) is 0 Å². The van der Waals surface area contributed by atoms with Crippen LogP contribution in [0.5, 0.6) is 0 Å². The van der Waals surface area contributed by atoms with E-state index in [2.05, 4.69) is 34.6 Å². The molecule has 0 saturated heterocycles. The van der Waals surface area contributed by atoms with Crippen LogP contribution in [0.3, 0.4) is 0 Å². The topological polar surface area (TPSA) is 62.2 Å². The number of hydrogen-bond acceptors (Lipinski definition) is 4. The Kier molecular flexibility index (Phi) is 3.94. The van der Waals surface area contributed by atoms with E-state index in [0.29, 0.717) is 6.54 Å². The number of carboxylic acids is 1. The highest BCUT2D eigenvalue weighted by atomic mass is 32.1. The molecule has 0 aliphatic heterocycles. The first kappa shape index (κ1) is 13.7. The lowest BCUT2D eigenvalue weighted by Gasteiger charge is -2.07. The van der Waals surface area contributed by atoms with E-state index in [1.54, 1.807) is 5.38 Å². The van der Waals surface area contributed by atoms with Gasteiger partial charge in [-0.25, -0.2) is 9.78 Å². The number of hydrogen-bond donors (Lipinski definition) is 2. The van der Waals surface area contributed by atoms with Gasteiger partial charge in [0, 0.05) is 18.5 Å². The minimum Gasteiger partial charge on any atom is -0.476 e. The second-order valence-electron chi connectivity index (χ2n) is 4.69. The fraction of sp³-hybridized carbons (Fsp3) is 0.125. The zero-order chi connectivity index (χ0) is 14.7. The number of thiazole rings is 1. The van der Waals surface area contributed by atoms with E-state index < -0.39 is 5.97 Å². The van der Waals surface area contributed by atoms with E-state index in [0.717, 1.165) is 23.6 Å². The molecule has 2 aromatic carbocycles. The normalized spacial score (nSPS) is 10.9. The fourth-order valence-electron chi connectivity index (χ4n) is 2.26. The zero-order valence-electron chi connectivity index (χ0n) is 11.2. The molecule has 0 aliphatic carbocycles. The molecule has 0 unspecified atom stereocenters. The maximum absolute atomic E-state index is 10.8. The van der Waals surface area contributed by atoms with Crippen molar-refractivity contribution in [2.45, 2.75) is 13.1 Å². The molecule has 3 rings (SSSR count). The maximum atomic E-state index is 10.8. The molecule has 0 radical (unpaired) electrons. The average Bonchev–Trinajstić information content (AvgIpc) is 2.97. The predicted octanol–water partition coefficient (Wildman–Crippen LogP) is 3.28. The van der Waals surface area contributed by atoms with E-state index in [-0.39, 0.29) is 5.01 Å². The Bertz CT molecular complexity index is 777. The molecule has 4 nitrogen and oxygen atoms in total. The third-order valence-electron chi connectivity index (χ3n) is 3.24. The Labute approximate surface area is 126 Å². The van der Waals surface area contributed by atoms with Gasteiger partial charge in [0.15, 0.2) is 0 Å². The Morgan fingerprint density at radius 1 is 1.14 bits per heavy atom. The molecule has 1 heterocycles. The molecule has 0 bridgehead atoms. The molecule has 0 aliphatic rings. The van der Waals surface area contributed by atoms with Crippen molar-refractivity contribution in [1.82, 2.24) is 10.3 Å². The van der Waals surface area contributed by atoms with Gasteiger partial charge in [0.05, 0.1) is 5.69 Å². The first-order valence-corrected chi connectivity index (χ1v) is 7.47. The van der Waals surface area contributed by atoms with Crippen LogP contribution in [0.4, 0.5) is 0 Å². The molecule has 5 heteroatoms. The number of carbonyl (C=O) groups is 1. The molecule has 0 atom stereocenters. The second-order valence-corrected chi connectivity index (χ2v) is 5.55. The molecule has 0 fully saturated rings. The van der Waals surface area contributed by atoms with Crippen molar-refractivity contribution in [3.05, 3.63) is 64.1 Å². The van der Waals surface area contributed by atoms with Crippen LogP contribution in [0, 0.1) is 0 Å². The number of nitrogens with zero attached hydrogens (tertiary/aromatic N) is 1. The average molecular weight is 298 g/mol. The van der Waals surface area contributed by atoms with Gasteiger partial charge in [-0.3, -0.25) is 0 Å². The standard InChI is InChI=1S/C16H14N2O2S/c19-16(20)15-18-13(10-21-15)9-17-8-12-6-3-5-11-4-1-2-7-14(11)12/h1-7,10,17H,8-9H2,(H,19,20). The van der Waals surface area contributed by atoms with Crippen LogP contribution in [0.1, 0.15) is 21.1 Å². The van der Waals surface area contributed by atoms with Gasteiger partial charge >= 0.3 is 5.97 Å². The quantitative estimate of drug-likeness (QED) is 0.759. The molecule has 2 N–H and O–H groups in total. The lowest BCUT2D eigenvalue weighted by Crippen LogP contribution is -2.13. The van der Waals surface area contributed by atoms with Crippen molar-refractivity contribution < 1.29 is 9.90 Å². The Balaban J connectivity index is 1.68. The zero-order valence-corrected chi connectivity index (χ0v) is 12.1. The number of aromatic carboxylic acids is 1. The summed E-state index contributed by atoms with van der Waals surface area (Å²) in [6, 6.07) is 14.5. The summed E-state index contributed by atoms with van der Waals surface area (Å²) < 4.78 is 0. The van der Waals surface area contributed by atoms with Crippen LogP contribution in [0.25, 0.3) is 10.8 Å². The molecule has 106 valence electrons. The Hall–Kier alpha value is -2.24. The lowest BCUT2D eigenvalue weighted by atomic mass is 10.0. The maximum Gasteiger partial charge on any atom is 0.365 e. The van der Waals surface area contributed by atoms with Gasteiger partial charge in [-0.05, 0) is 16.3 Å². The highest BCUT2D eigenvalue weighted by molar-refractivity contribution is 7.11. The predicted molar refractivity (Wildman–Crippen MR) is 83.6 cm³/mol. The summed E-state index contributed by atoms with van der Waals surface area (Å²) >= 11 is 1.16. The highest BCUT2D eigenvalue weighted by Gasteiger charge is 2.08. The summed E-state index contributed by atoms with van der Waals surface area (Å²) in [5, 5.41) is 16.5. The van der Waals surface area contributed by atoms with Gasteiger partial charge in [0.1, 0.15) is 0 Å². The van der Waals surface area contributed by atoms with Gasteiger partial charge in [-0.2, -0.15) is 0 Å². The summed E-state index contributed by atoms with van der Waals surface area (Å²) in [7, 11) is 0. The van der Waals surface area contributed by atoms with E-state index in [9.17, 15) is 4.79 Å². The number of fused-ring (bicyclic) bond motifs is 1. The van der Waals surface area contributed by atoms with E-state index in [4.69, 9.17) is 5.11 Å². The number of nitrogens with one attached hydrogen (secondary N) is 1. The molecule has 1 aromatic heterocycles. The van der Waals surface area contributed by atoms with E-state index >= 15 is 0 Å². The molecule has 0 amide bonds. The van der Waals surface area contributed by atoms with Gasteiger partial charge < -0.3 is 10.4 Å². The van der Waals surface area contributed by atoms with Crippen molar-refractivity contribution in [3.63, 3.8) is 0 Å². The molecule has 0 spiro atoms. The highest BCUT2D eigenvalue weighted by Crippen LogP contribution is 2.18. The third-order valence-corrected chi connectivity index (χ3v) is 4.12. The van der Waals surface area contributed by atoms with Crippen LogP contribution in [-0.2, 0) is 13.1 Å². The van der Waals surface area contributed by atoms with Crippen LogP contribution >= 0.6 is 11.3 Å². The van der Waals surface area contributed by atoms with E-state index in [1.807, 2.05) is 18.2 Å². The van der Waals surface area contributed by atoms with Gasteiger partial charge in [-0.1, -0.05) is 42.5 Å². The van der Waals surface area contributed by atoms with Gasteiger partial charge in [-0.15, -0.1) is 11.3 Å². The summed E-state index contributed by atoms with van der Waals surface area (Å²) in [5.74, 6) is -0.972. The monoisotopic (exact) mass is 298 g/mol. The largest absolute Gasteiger partial charge is 0.476 e. The van der Waals surface area contributed by atoms with E-state index in [1.165, 1.54) is 16.3 Å². The van der Waals surface area contributed by atoms with Gasteiger partial charge in [0.25, 0.3) is 0 Å². The fourth-order valence-corrected chi connectivity index (χ4v) is 2.91. The van der Waals surface area contributed by atoms with Gasteiger partial charge in [0.2, 0.25) is 5.01 Å². The number of aromatic nitrogens is 1. The van der Waals surface area contributed by atoms with Crippen molar-refractivity contribution in [3.8, 4) is 0 Å². The molecular weight excluding hydrogens is 284 g/mol. The van der Waals surface area contributed by atoms with Crippen molar-refractivity contribution in [2.75, 3.05) is 0 Å². The minimum absolute atomic E-state index is 0.136. The molecule has 3 aromatic rings. The summed E-state index contributed by atoms with van der Waals surface area (Å²) in [4.78, 5) is 14.8. The first-order chi connectivity index (χ1) is 10.2. The summed E-state index contributed by atoms with van der Waals surface area (Å²) in [6.45, 7) is 1.29. The molecule has 0 saturated carbocycles. The van der Waals surface area contributed by atoms with Crippen LogP contribution in [-0.4, -0.2) is 16.1 Å². The summed E-state index contributed by atoms with van der Waals surface area (Å²) in [6.07, 6.45) is 0. The molecule has 21 heavy (non-hydrogen) atoms. The number of benzene rings is 2. The Morgan fingerprint density at radius 2 is 1.95 bits per heavy atom. The Morgan fingerprint density at radius 3 is 2.76 bits per heavy atom. The first-order valence-electron chi connectivity index (χ1n) is 6.59. The SMILES string of the molecule is O=C(O)c1nc(CNCc2cccc3ccccc23)cs1. The van der Waals surface area contributed by atoms with Crippen molar-refractivity contribution in [2.24, 2.45) is 0 Å². The second kappa shape index (κ2) is 6.03. The van der Waals surface area contributed by atoms with Crippen molar-refractivity contribution >= 4 is 28.1 Å². The lowest BCUT2D eigenvalue weighted by molar-refractivity contribution is 0.0696. The summed E-state index contributed by atoms with van der Waals surface area (Å²) in [5.41, 5.74) is 1.99.